The van der Waals surface area contributed by atoms with Crippen molar-refractivity contribution in [1.29, 1.82) is 0 Å². The van der Waals surface area contributed by atoms with Gasteiger partial charge in [0.15, 0.2) is 0 Å². The van der Waals surface area contributed by atoms with Gasteiger partial charge in [-0.1, -0.05) is 19.1 Å². The molecule has 3 aromatic heterocycles. The van der Waals surface area contributed by atoms with Crippen molar-refractivity contribution < 1.29 is 5.11 Å². The van der Waals surface area contributed by atoms with Gasteiger partial charge in [0.05, 0.1) is 23.1 Å². The molecule has 178 valence electrons. The zero-order chi connectivity index (χ0) is 23.8. The topological polar surface area (TPSA) is 92.9 Å². The van der Waals surface area contributed by atoms with Gasteiger partial charge in [0.2, 0.25) is 0 Å². The molecule has 7 heteroatoms. The minimum Gasteiger partial charge on any atom is -0.374 e. The number of pyridine rings is 1. The third kappa shape index (κ3) is 4.12. The monoisotopic (exact) mass is 466 g/mol. The number of nitrogens with one attached hydrogen (secondary N) is 3. The highest BCUT2D eigenvalue weighted by Gasteiger charge is 2.17. The smallest absolute Gasteiger partial charge is 0.124 e. The van der Waals surface area contributed by atoms with Gasteiger partial charge in [0, 0.05) is 46.8 Å². The number of hydrogen-bond acceptors (Lipinski definition) is 5. The van der Waals surface area contributed by atoms with Crippen LogP contribution in [0, 0.1) is 0 Å². The summed E-state index contributed by atoms with van der Waals surface area (Å²) in [6.45, 7) is 4.17. The number of benzene rings is 2. The van der Waals surface area contributed by atoms with Crippen LogP contribution in [0.1, 0.15) is 32.6 Å². The SMILES string of the molecule is CCC(O)Nc1cncc(-c2ccc3[nH]nc(-c4cc5c(N6CCCCC6)cccc5[nH]4)c3c2)c1. The van der Waals surface area contributed by atoms with Crippen molar-refractivity contribution in [3.8, 4) is 22.5 Å². The van der Waals surface area contributed by atoms with Crippen molar-refractivity contribution in [2.75, 3.05) is 23.3 Å². The number of fused-ring (bicyclic) bond motifs is 2. The van der Waals surface area contributed by atoms with E-state index < -0.39 is 6.23 Å². The van der Waals surface area contributed by atoms with Gasteiger partial charge in [-0.2, -0.15) is 5.10 Å². The zero-order valence-corrected chi connectivity index (χ0v) is 19.9. The molecular formula is C28H30N6O. The highest BCUT2D eigenvalue weighted by molar-refractivity contribution is 6.01. The Balaban J connectivity index is 1.39. The molecule has 1 fully saturated rings. The third-order valence-corrected chi connectivity index (χ3v) is 6.95. The minimum atomic E-state index is -0.591. The first-order chi connectivity index (χ1) is 17.2. The molecule has 35 heavy (non-hydrogen) atoms. The van der Waals surface area contributed by atoms with E-state index in [2.05, 4.69) is 72.8 Å². The molecule has 2 aromatic carbocycles. The fourth-order valence-electron chi connectivity index (χ4n) is 5.05. The van der Waals surface area contributed by atoms with Crippen molar-refractivity contribution in [3.63, 3.8) is 0 Å². The number of aromatic amines is 2. The van der Waals surface area contributed by atoms with Crippen LogP contribution in [0.5, 0.6) is 0 Å². The fourth-order valence-corrected chi connectivity index (χ4v) is 5.05. The summed E-state index contributed by atoms with van der Waals surface area (Å²) in [4.78, 5) is 10.5. The summed E-state index contributed by atoms with van der Waals surface area (Å²) < 4.78 is 0. The molecule has 4 heterocycles. The van der Waals surface area contributed by atoms with Crippen LogP contribution < -0.4 is 10.2 Å². The Morgan fingerprint density at radius 2 is 1.86 bits per heavy atom. The predicted molar refractivity (Wildman–Crippen MR) is 143 cm³/mol. The summed E-state index contributed by atoms with van der Waals surface area (Å²) in [7, 11) is 0. The number of nitrogens with zero attached hydrogens (tertiary/aromatic N) is 3. The average molecular weight is 467 g/mol. The molecule has 0 saturated carbocycles. The van der Waals surface area contributed by atoms with Crippen molar-refractivity contribution in [1.82, 2.24) is 20.2 Å². The third-order valence-electron chi connectivity index (χ3n) is 6.95. The molecule has 0 spiro atoms. The van der Waals surface area contributed by atoms with Crippen LogP contribution in [-0.2, 0) is 0 Å². The van der Waals surface area contributed by atoms with E-state index >= 15 is 0 Å². The molecule has 1 saturated heterocycles. The number of aliphatic hydroxyl groups excluding tert-OH is 1. The lowest BCUT2D eigenvalue weighted by atomic mass is 10.0. The maximum absolute atomic E-state index is 9.95. The quantitative estimate of drug-likeness (QED) is 0.234. The number of aliphatic hydroxyl groups is 1. The highest BCUT2D eigenvalue weighted by Crippen LogP contribution is 2.35. The molecule has 0 amide bonds. The number of piperidine rings is 1. The van der Waals surface area contributed by atoms with Gasteiger partial charge in [0.25, 0.3) is 0 Å². The molecule has 0 bridgehead atoms. The van der Waals surface area contributed by atoms with Gasteiger partial charge in [-0.05, 0) is 67.6 Å². The van der Waals surface area contributed by atoms with E-state index in [0.29, 0.717) is 6.42 Å². The van der Waals surface area contributed by atoms with Crippen LogP contribution in [0.3, 0.4) is 0 Å². The van der Waals surface area contributed by atoms with Gasteiger partial charge in [-0.25, -0.2) is 0 Å². The molecule has 1 unspecified atom stereocenters. The average Bonchev–Trinajstić information content (AvgIpc) is 3.53. The molecule has 5 aromatic rings. The molecule has 1 aliphatic heterocycles. The molecule has 6 rings (SSSR count). The standard InChI is InChI=1S/C28H30N6O/c1-2-27(35)30-20-13-19(16-29-17-20)18-9-10-24-22(14-18)28(33-32-24)25-15-21-23(31-25)7-6-8-26(21)34-11-4-3-5-12-34/h6-10,13-17,27,30-31,35H,2-5,11-12H2,1H3,(H,32,33). The number of rotatable bonds is 6. The van der Waals surface area contributed by atoms with Crippen molar-refractivity contribution in [2.45, 2.75) is 38.8 Å². The number of anilines is 2. The lowest BCUT2D eigenvalue weighted by Gasteiger charge is -2.29. The molecule has 0 aliphatic carbocycles. The van der Waals surface area contributed by atoms with E-state index in [9.17, 15) is 5.11 Å². The van der Waals surface area contributed by atoms with E-state index in [-0.39, 0.29) is 0 Å². The normalized spacial score (nSPS) is 15.1. The second-order valence-electron chi connectivity index (χ2n) is 9.33. The fraction of sp³-hybridized carbons (Fsp3) is 0.286. The Morgan fingerprint density at radius 1 is 0.971 bits per heavy atom. The molecule has 7 nitrogen and oxygen atoms in total. The van der Waals surface area contributed by atoms with Crippen molar-refractivity contribution >= 4 is 33.2 Å². The maximum atomic E-state index is 9.95. The second-order valence-corrected chi connectivity index (χ2v) is 9.33. The van der Waals surface area contributed by atoms with Crippen LogP contribution in [0.15, 0.2) is 60.9 Å². The Hall–Kier alpha value is -3.84. The minimum absolute atomic E-state index is 0.591. The van der Waals surface area contributed by atoms with Gasteiger partial charge < -0.3 is 20.3 Å². The van der Waals surface area contributed by atoms with Gasteiger partial charge >= 0.3 is 0 Å². The highest BCUT2D eigenvalue weighted by atomic mass is 16.3. The number of hydrogen-bond donors (Lipinski definition) is 4. The molecule has 1 aliphatic rings. The van der Waals surface area contributed by atoms with E-state index in [1.807, 2.05) is 19.2 Å². The maximum Gasteiger partial charge on any atom is 0.124 e. The van der Waals surface area contributed by atoms with Gasteiger partial charge in [-0.3, -0.25) is 10.1 Å². The van der Waals surface area contributed by atoms with Crippen LogP contribution >= 0.6 is 0 Å². The number of H-pyrrole nitrogens is 2. The Morgan fingerprint density at radius 3 is 2.71 bits per heavy atom. The lowest BCUT2D eigenvalue weighted by molar-refractivity contribution is 0.199. The Labute approximate surface area is 204 Å². The van der Waals surface area contributed by atoms with E-state index in [4.69, 9.17) is 0 Å². The number of aromatic nitrogens is 4. The van der Waals surface area contributed by atoms with Crippen LogP contribution in [-0.4, -0.2) is 44.6 Å². The lowest BCUT2D eigenvalue weighted by Crippen LogP contribution is -2.29. The summed E-state index contributed by atoms with van der Waals surface area (Å²) >= 11 is 0. The Kier molecular flexibility index (Phi) is 5.62. The van der Waals surface area contributed by atoms with Gasteiger partial charge in [0.1, 0.15) is 11.9 Å². The van der Waals surface area contributed by atoms with Crippen LogP contribution in [0.4, 0.5) is 11.4 Å². The first-order valence-corrected chi connectivity index (χ1v) is 12.4. The first kappa shape index (κ1) is 21.7. The summed E-state index contributed by atoms with van der Waals surface area (Å²) in [5.74, 6) is 0. The molecule has 1 atom stereocenters. The Bertz CT molecular complexity index is 1480. The van der Waals surface area contributed by atoms with E-state index in [1.54, 1.807) is 6.20 Å². The summed E-state index contributed by atoms with van der Waals surface area (Å²) in [6, 6.07) is 17.0. The van der Waals surface area contributed by atoms with Crippen molar-refractivity contribution in [3.05, 3.63) is 60.9 Å². The van der Waals surface area contributed by atoms with Crippen molar-refractivity contribution in [2.24, 2.45) is 0 Å². The summed E-state index contributed by atoms with van der Waals surface area (Å²) in [5.41, 5.74) is 8.16. The van der Waals surface area contributed by atoms with E-state index in [1.165, 1.54) is 30.3 Å². The largest absolute Gasteiger partial charge is 0.374 e. The summed E-state index contributed by atoms with van der Waals surface area (Å²) in [6.07, 6.45) is 7.44. The predicted octanol–water partition coefficient (Wildman–Crippen LogP) is 5.90. The van der Waals surface area contributed by atoms with Gasteiger partial charge in [-0.15, -0.1) is 0 Å². The molecular weight excluding hydrogens is 436 g/mol. The zero-order valence-electron chi connectivity index (χ0n) is 19.9. The first-order valence-electron chi connectivity index (χ1n) is 12.4. The van der Waals surface area contributed by atoms with E-state index in [0.717, 1.165) is 57.7 Å². The second kappa shape index (κ2) is 9.07. The summed E-state index contributed by atoms with van der Waals surface area (Å²) in [5, 5.41) is 23.2. The molecule has 4 N–H and O–H groups in total. The van der Waals surface area contributed by atoms with Crippen LogP contribution in [0.25, 0.3) is 44.3 Å². The molecule has 0 radical (unpaired) electrons. The van der Waals surface area contributed by atoms with Crippen LogP contribution in [0.2, 0.25) is 0 Å².